The first-order valence-electron chi connectivity index (χ1n) is 3.82. The maximum Gasteiger partial charge on any atom is 0.164 e. The van der Waals surface area contributed by atoms with E-state index in [0.29, 0.717) is 23.8 Å². The van der Waals surface area contributed by atoms with Crippen LogP contribution in [0.15, 0.2) is 29.0 Å². The zero-order valence-corrected chi connectivity index (χ0v) is 6.84. The van der Waals surface area contributed by atoms with Gasteiger partial charge in [0.1, 0.15) is 5.69 Å². The second-order valence-electron chi connectivity index (χ2n) is 2.44. The smallest absolute Gasteiger partial charge is 0.164 e. The Morgan fingerprint density at radius 3 is 2.85 bits per heavy atom. The zero-order chi connectivity index (χ0) is 9.10. The first-order valence-corrected chi connectivity index (χ1v) is 3.82. The second-order valence-corrected chi connectivity index (χ2v) is 2.44. The van der Waals surface area contributed by atoms with Crippen LogP contribution in [0.2, 0.25) is 0 Å². The molecule has 2 N–H and O–H groups in total. The lowest BCUT2D eigenvalue weighted by molar-refractivity contribution is 0.577. The standard InChI is InChI=1S/C8H8N4O/c9-4-8-10-5-6(11-12-8)7-2-1-3-13-7/h1-3,5H,4,9H2. The topological polar surface area (TPSA) is 77.8 Å². The van der Waals surface area contributed by atoms with Crippen molar-refractivity contribution in [1.29, 1.82) is 0 Å². The van der Waals surface area contributed by atoms with Gasteiger partial charge in [0.25, 0.3) is 0 Å². The molecular weight excluding hydrogens is 168 g/mol. The molecule has 0 aromatic carbocycles. The van der Waals surface area contributed by atoms with Gasteiger partial charge in [0.2, 0.25) is 0 Å². The molecule has 2 heterocycles. The van der Waals surface area contributed by atoms with E-state index in [2.05, 4.69) is 15.2 Å². The van der Waals surface area contributed by atoms with Gasteiger partial charge in [0, 0.05) is 0 Å². The molecule has 2 aromatic heterocycles. The minimum absolute atomic E-state index is 0.297. The van der Waals surface area contributed by atoms with Gasteiger partial charge < -0.3 is 10.2 Å². The van der Waals surface area contributed by atoms with E-state index < -0.39 is 0 Å². The van der Waals surface area contributed by atoms with E-state index >= 15 is 0 Å². The molecule has 0 radical (unpaired) electrons. The molecule has 0 amide bonds. The lowest BCUT2D eigenvalue weighted by Crippen LogP contribution is -2.04. The van der Waals surface area contributed by atoms with Gasteiger partial charge >= 0.3 is 0 Å². The van der Waals surface area contributed by atoms with Crippen LogP contribution in [0.3, 0.4) is 0 Å². The van der Waals surface area contributed by atoms with E-state index in [1.54, 1.807) is 24.6 Å². The molecule has 13 heavy (non-hydrogen) atoms. The highest BCUT2D eigenvalue weighted by Crippen LogP contribution is 2.14. The first kappa shape index (κ1) is 7.88. The van der Waals surface area contributed by atoms with Gasteiger partial charge in [-0.25, -0.2) is 4.98 Å². The van der Waals surface area contributed by atoms with E-state index in [0.717, 1.165) is 0 Å². The van der Waals surface area contributed by atoms with Gasteiger partial charge in [0.05, 0.1) is 19.0 Å². The molecule has 0 saturated carbocycles. The Hall–Kier alpha value is -1.75. The van der Waals surface area contributed by atoms with Crippen LogP contribution in [0, 0.1) is 0 Å². The van der Waals surface area contributed by atoms with Crippen LogP contribution in [0.25, 0.3) is 11.5 Å². The Kier molecular flexibility index (Phi) is 2.01. The molecular formula is C8H8N4O. The van der Waals surface area contributed by atoms with Crippen molar-refractivity contribution in [1.82, 2.24) is 15.2 Å². The van der Waals surface area contributed by atoms with Crippen LogP contribution in [0.5, 0.6) is 0 Å². The molecule has 0 atom stereocenters. The number of aromatic nitrogens is 3. The van der Waals surface area contributed by atoms with E-state index in [1.165, 1.54) is 0 Å². The highest BCUT2D eigenvalue weighted by atomic mass is 16.3. The summed E-state index contributed by atoms with van der Waals surface area (Å²) >= 11 is 0. The summed E-state index contributed by atoms with van der Waals surface area (Å²) in [7, 11) is 0. The summed E-state index contributed by atoms with van der Waals surface area (Å²) in [5, 5.41) is 7.71. The number of rotatable bonds is 2. The van der Waals surface area contributed by atoms with Crippen LogP contribution in [0.4, 0.5) is 0 Å². The van der Waals surface area contributed by atoms with Crippen molar-refractivity contribution in [3.8, 4) is 11.5 Å². The Bertz CT molecular complexity index is 368. The average Bonchev–Trinajstić information content (AvgIpc) is 2.71. The molecule has 2 aromatic rings. The summed E-state index contributed by atoms with van der Waals surface area (Å²) in [6.45, 7) is 0.297. The Labute approximate surface area is 74.6 Å². The first-order chi connectivity index (χ1) is 6.40. The van der Waals surface area contributed by atoms with E-state index in [1.807, 2.05) is 0 Å². The highest BCUT2D eigenvalue weighted by Gasteiger charge is 2.02. The molecule has 0 fully saturated rings. The lowest BCUT2D eigenvalue weighted by Gasteiger charge is -1.95. The third-order valence-electron chi connectivity index (χ3n) is 1.57. The predicted octanol–water partition coefficient (Wildman–Crippen LogP) is 0.590. The molecule has 2 rings (SSSR count). The molecule has 5 heteroatoms. The zero-order valence-electron chi connectivity index (χ0n) is 6.84. The van der Waals surface area contributed by atoms with E-state index in [9.17, 15) is 0 Å². The van der Waals surface area contributed by atoms with Crippen LogP contribution >= 0.6 is 0 Å². The number of nitrogens with two attached hydrogens (primary N) is 1. The molecule has 0 unspecified atom stereocenters. The van der Waals surface area contributed by atoms with Crippen molar-refractivity contribution in [3.63, 3.8) is 0 Å². The SMILES string of the molecule is NCc1ncc(-c2ccco2)nn1. The quantitative estimate of drug-likeness (QED) is 0.724. The molecule has 0 saturated heterocycles. The summed E-state index contributed by atoms with van der Waals surface area (Å²) < 4.78 is 5.12. The van der Waals surface area contributed by atoms with Gasteiger partial charge in [-0.15, -0.1) is 10.2 Å². The third-order valence-corrected chi connectivity index (χ3v) is 1.57. The normalized spacial score (nSPS) is 10.2. The monoisotopic (exact) mass is 176 g/mol. The number of furan rings is 1. The number of hydrogen-bond donors (Lipinski definition) is 1. The third kappa shape index (κ3) is 1.54. The molecule has 0 aliphatic carbocycles. The van der Waals surface area contributed by atoms with E-state index in [4.69, 9.17) is 10.2 Å². The van der Waals surface area contributed by atoms with Crippen molar-refractivity contribution in [2.75, 3.05) is 0 Å². The van der Waals surface area contributed by atoms with E-state index in [-0.39, 0.29) is 0 Å². The summed E-state index contributed by atoms with van der Waals surface area (Å²) in [5.41, 5.74) is 5.94. The summed E-state index contributed by atoms with van der Waals surface area (Å²) in [6.07, 6.45) is 3.17. The minimum atomic E-state index is 0.297. The Morgan fingerprint density at radius 1 is 1.38 bits per heavy atom. The van der Waals surface area contributed by atoms with Crippen LogP contribution in [-0.2, 0) is 6.54 Å². The fourth-order valence-corrected chi connectivity index (χ4v) is 0.930. The van der Waals surface area contributed by atoms with Gasteiger partial charge in [-0.05, 0) is 12.1 Å². The van der Waals surface area contributed by atoms with Crippen molar-refractivity contribution in [3.05, 3.63) is 30.4 Å². The summed E-state index contributed by atoms with van der Waals surface area (Å²) in [5.74, 6) is 1.18. The molecule has 0 spiro atoms. The fraction of sp³-hybridized carbons (Fsp3) is 0.125. The summed E-state index contributed by atoms with van der Waals surface area (Å²) in [4.78, 5) is 3.99. The van der Waals surface area contributed by atoms with Gasteiger partial charge in [-0.3, -0.25) is 0 Å². The molecule has 0 bridgehead atoms. The van der Waals surface area contributed by atoms with Gasteiger partial charge in [-0.2, -0.15) is 0 Å². The molecule has 66 valence electrons. The maximum absolute atomic E-state index is 5.33. The average molecular weight is 176 g/mol. The Morgan fingerprint density at radius 2 is 2.31 bits per heavy atom. The van der Waals surface area contributed by atoms with Crippen molar-refractivity contribution < 1.29 is 4.42 Å². The fourth-order valence-electron chi connectivity index (χ4n) is 0.930. The Balaban J connectivity index is 2.33. The van der Waals surface area contributed by atoms with Crippen molar-refractivity contribution in [2.24, 2.45) is 5.73 Å². The van der Waals surface area contributed by atoms with Crippen LogP contribution in [-0.4, -0.2) is 15.2 Å². The maximum atomic E-state index is 5.33. The molecule has 0 aliphatic heterocycles. The van der Waals surface area contributed by atoms with Gasteiger partial charge in [0.15, 0.2) is 11.6 Å². The molecule has 5 nitrogen and oxygen atoms in total. The van der Waals surface area contributed by atoms with Gasteiger partial charge in [-0.1, -0.05) is 0 Å². The lowest BCUT2D eigenvalue weighted by atomic mass is 10.3. The van der Waals surface area contributed by atoms with Crippen molar-refractivity contribution >= 4 is 0 Å². The number of hydrogen-bond acceptors (Lipinski definition) is 5. The van der Waals surface area contributed by atoms with Crippen molar-refractivity contribution in [2.45, 2.75) is 6.54 Å². The largest absolute Gasteiger partial charge is 0.463 e. The number of nitrogens with zero attached hydrogens (tertiary/aromatic N) is 3. The van der Waals surface area contributed by atoms with Crippen LogP contribution < -0.4 is 5.73 Å². The predicted molar refractivity (Wildman–Crippen MR) is 45.4 cm³/mol. The second kappa shape index (κ2) is 3.32. The van der Waals surface area contributed by atoms with Crippen LogP contribution in [0.1, 0.15) is 5.82 Å². The highest BCUT2D eigenvalue weighted by molar-refractivity contribution is 5.48. The summed E-state index contributed by atoms with van der Waals surface area (Å²) in [6, 6.07) is 3.58. The minimum Gasteiger partial charge on any atom is -0.463 e. The molecule has 0 aliphatic rings.